The molecule has 0 saturated carbocycles. The van der Waals surface area contributed by atoms with E-state index in [1.54, 1.807) is 30.5 Å². The predicted octanol–water partition coefficient (Wildman–Crippen LogP) is 3.73. The molecule has 2 rings (SSSR count). The summed E-state index contributed by atoms with van der Waals surface area (Å²) in [6.45, 7) is 4.57. The van der Waals surface area contributed by atoms with Gasteiger partial charge in [0, 0.05) is 23.5 Å². The fourth-order valence-corrected chi connectivity index (χ4v) is 1.99. The van der Waals surface area contributed by atoms with E-state index in [-0.39, 0.29) is 5.91 Å². The summed E-state index contributed by atoms with van der Waals surface area (Å²) < 4.78 is 0. The number of benzene rings is 1. The Bertz CT molecular complexity index is 628. The maximum Gasteiger partial charge on any atom is 0.259 e. The van der Waals surface area contributed by atoms with Gasteiger partial charge >= 0.3 is 0 Å². The van der Waals surface area contributed by atoms with Crippen molar-refractivity contribution in [1.29, 1.82) is 0 Å². The van der Waals surface area contributed by atoms with Crippen LogP contribution in [0.1, 0.15) is 22.8 Å². The lowest BCUT2D eigenvalue weighted by Gasteiger charge is -2.11. The summed E-state index contributed by atoms with van der Waals surface area (Å²) in [7, 11) is 0. The van der Waals surface area contributed by atoms with Crippen LogP contribution in [0.25, 0.3) is 0 Å². The standard InChI is InChI=1S/C15H16ClN3O/c1-3-17-14-12(5-4-8-18-14)15(20)19-13-9-11(16)7-6-10(13)2/h4-9H,3H2,1-2H3,(H,17,18)(H,19,20). The summed E-state index contributed by atoms with van der Waals surface area (Å²) in [5, 5.41) is 6.52. The molecule has 1 heterocycles. The molecule has 20 heavy (non-hydrogen) atoms. The van der Waals surface area contributed by atoms with Crippen molar-refractivity contribution in [2.24, 2.45) is 0 Å². The number of rotatable bonds is 4. The van der Waals surface area contributed by atoms with E-state index in [4.69, 9.17) is 11.6 Å². The summed E-state index contributed by atoms with van der Waals surface area (Å²) in [5.74, 6) is 0.367. The highest BCUT2D eigenvalue weighted by atomic mass is 35.5. The number of anilines is 2. The number of halogens is 1. The van der Waals surface area contributed by atoms with Crippen LogP contribution in [-0.2, 0) is 0 Å². The third-order valence-electron chi connectivity index (χ3n) is 2.84. The number of hydrogen-bond acceptors (Lipinski definition) is 3. The molecule has 1 amide bonds. The number of pyridine rings is 1. The van der Waals surface area contributed by atoms with Gasteiger partial charge in [0.25, 0.3) is 5.91 Å². The van der Waals surface area contributed by atoms with E-state index < -0.39 is 0 Å². The van der Waals surface area contributed by atoms with Crippen molar-refractivity contribution in [2.75, 3.05) is 17.2 Å². The highest BCUT2D eigenvalue weighted by molar-refractivity contribution is 6.31. The van der Waals surface area contributed by atoms with Crippen molar-refractivity contribution >= 4 is 29.0 Å². The first-order chi connectivity index (χ1) is 9.61. The number of amides is 1. The van der Waals surface area contributed by atoms with E-state index in [0.29, 0.717) is 28.6 Å². The Morgan fingerprint density at radius 2 is 2.15 bits per heavy atom. The van der Waals surface area contributed by atoms with E-state index in [2.05, 4.69) is 15.6 Å². The number of nitrogens with one attached hydrogen (secondary N) is 2. The van der Waals surface area contributed by atoms with Crippen LogP contribution in [0.5, 0.6) is 0 Å². The van der Waals surface area contributed by atoms with Crippen LogP contribution in [0.4, 0.5) is 11.5 Å². The Hall–Kier alpha value is -2.07. The molecule has 0 spiro atoms. The third kappa shape index (κ3) is 3.27. The minimum atomic E-state index is -0.209. The number of carbonyl (C=O) groups excluding carboxylic acids is 1. The van der Waals surface area contributed by atoms with E-state index in [1.807, 2.05) is 19.9 Å². The van der Waals surface area contributed by atoms with Crippen molar-refractivity contribution in [1.82, 2.24) is 4.98 Å². The molecular weight excluding hydrogens is 274 g/mol. The average molecular weight is 290 g/mol. The molecule has 2 N–H and O–H groups in total. The number of aryl methyl sites for hydroxylation is 1. The second-order valence-electron chi connectivity index (χ2n) is 4.34. The maximum atomic E-state index is 12.3. The van der Waals surface area contributed by atoms with E-state index in [9.17, 15) is 4.79 Å². The Kier molecular flexibility index (Phi) is 4.58. The van der Waals surface area contributed by atoms with Crippen molar-refractivity contribution in [3.05, 3.63) is 52.7 Å². The second kappa shape index (κ2) is 6.39. The number of hydrogen-bond donors (Lipinski definition) is 2. The maximum absolute atomic E-state index is 12.3. The van der Waals surface area contributed by atoms with Crippen LogP contribution in [0.2, 0.25) is 5.02 Å². The lowest BCUT2D eigenvalue weighted by atomic mass is 10.2. The Balaban J connectivity index is 2.26. The molecule has 1 aromatic heterocycles. The predicted molar refractivity (Wildman–Crippen MR) is 82.5 cm³/mol. The largest absolute Gasteiger partial charge is 0.370 e. The molecule has 0 unspecified atom stereocenters. The zero-order valence-electron chi connectivity index (χ0n) is 11.4. The molecule has 0 aliphatic carbocycles. The quantitative estimate of drug-likeness (QED) is 0.902. The van der Waals surface area contributed by atoms with Gasteiger partial charge in [-0.2, -0.15) is 0 Å². The molecule has 0 atom stereocenters. The normalized spacial score (nSPS) is 10.2. The minimum Gasteiger partial charge on any atom is -0.370 e. The molecule has 0 radical (unpaired) electrons. The van der Waals surface area contributed by atoms with E-state index >= 15 is 0 Å². The van der Waals surface area contributed by atoms with Gasteiger partial charge < -0.3 is 10.6 Å². The van der Waals surface area contributed by atoms with Gasteiger partial charge in [-0.05, 0) is 43.7 Å². The lowest BCUT2D eigenvalue weighted by Crippen LogP contribution is -2.16. The molecule has 0 bridgehead atoms. The molecule has 0 aliphatic rings. The average Bonchev–Trinajstić information content (AvgIpc) is 2.44. The van der Waals surface area contributed by atoms with Gasteiger partial charge in [0.15, 0.2) is 0 Å². The molecule has 0 aliphatic heterocycles. The van der Waals surface area contributed by atoms with Crippen LogP contribution < -0.4 is 10.6 Å². The fraction of sp³-hybridized carbons (Fsp3) is 0.200. The van der Waals surface area contributed by atoms with Crippen LogP contribution in [0.3, 0.4) is 0 Å². The van der Waals surface area contributed by atoms with Gasteiger partial charge in [-0.25, -0.2) is 4.98 Å². The van der Waals surface area contributed by atoms with Gasteiger partial charge in [-0.3, -0.25) is 4.79 Å². The summed E-state index contributed by atoms with van der Waals surface area (Å²) in [6.07, 6.45) is 1.65. The zero-order chi connectivity index (χ0) is 14.5. The van der Waals surface area contributed by atoms with Gasteiger partial charge in [0.05, 0.1) is 5.56 Å². The molecule has 2 aromatic rings. The van der Waals surface area contributed by atoms with Gasteiger partial charge in [-0.15, -0.1) is 0 Å². The molecule has 0 fully saturated rings. The van der Waals surface area contributed by atoms with Crippen molar-refractivity contribution in [3.8, 4) is 0 Å². The summed E-state index contributed by atoms with van der Waals surface area (Å²) in [6, 6.07) is 8.87. The van der Waals surface area contributed by atoms with Crippen LogP contribution in [-0.4, -0.2) is 17.4 Å². The van der Waals surface area contributed by atoms with Crippen LogP contribution in [0.15, 0.2) is 36.5 Å². The Labute approximate surface area is 123 Å². The number of aromatic nitrogens is 1. The van der Waals surface area contributed by atoms with E-state index in [1.165, 1.54) is 0 Å². The topological polar surface area (TPSA) is 54.0 Å². The second-order valence-corrected chi connectivity index (χ2v) is 4.78. The zero-order valence-corrected chi connectivity index (χ0v) is 12.2. The molecule has 5 heteroatoms. The fourth-order valence-electron chi connectivity index (χ4n) is 1.82. The van der Waals surface area contributed by atoms with Gasteiger partial charge in [0.2, 0.25) is 0 Å². The first-order valence-electron chi connectivity index (χ1n) is 6.38. The highest BCUT2D eigenvalue weighted by Crippen LogP contribution is 2.22. The summed E-state index contributed by atoms with van der Waals surface area (Å²) >= 11 is 5.95. The number of carbonyl (C=O) groups is 1. The summed E-state index contributed by atoms with van der Waals surface area (Å²) in [5.41, 5.74) is 2.17. The van der Waals surface area contributed by atoms with Crippen LogP contribution in [0, 0.1) is 6.92 Å². The Morgan fingerprint density at radius 3 is 2.90 bits per heavy atom. The van der Waals surface area contributed by atoms with Gasteiger partial charge in [0.1, 0.15) is 5.82 Å². The van der Waals surface area contributed by atoms with Crippen molar-refractivity contribution in [3.63, 3.8) is 0 Å². The SMILES string of the molecule is CCNc1ncccc1C(=O)Nc1cc(Cl)ccc1C. The summed E-state index contributed by atoms with van der Waals surface area (Å²) in [4.78, 5) is 16.5. The lowest BCUT2D eigenvalue weighted by molar-refractivity contribution is 0.102. The smallest absolute Gasteiger partial charge is 0.259 e. The van der Waals surface area contributed by atoms with Crippen LogP contribution >= 0.6 is 11.6 Å². The Morgan fingerprint density at radius 1 is 1.35 bits per heavy atom. The molecule has 104 valence electrons. The molecule has 0 saturated heterocycles. The highest BCUT2D eigenvalue weighted by Gasteiger charge is 2.13. The number of nitrogens with zero attached hydrogens (tertiary/aromatic N) is 1. The van der Waals surface area contributed by atoms with Gasteiger partial charge in [-0.1, -0.05) is 17.7 Å². The molecular formula is C15H16ClN3O. The first-order valence-corrected chi connectivity index (χ1v) is 6.76. The third-order valence-corrected chi connectivity index (χ3v) is 3.08. The first kappa shape index (κ1) is 14.3. The van der Waals surface area contributed by atoms with E-state index in [0.717, 1.165) is 5.56 Å². The molecule has 4 nitrogen and oxygen atoms in total. The minimum absolute atomic E-state index is 0.209. The van der Waals surface area contributed by atoms with Crippen molar-refractivity contribution in [2.45, 2.75) is 13.8 Å². The van der Waals surface area contributed by atoms with Crippen molar-refractivity contribution < 1.29 is 4.79 Å². The monoisotopic (exact) mass is 289 g/mol. The molecule has 1 aromatic carbocycles.